The van der Waals surface area contributed by atoms with E-state index in [-0.39, 0.29) is 17.6 Å². The van der Waals surface area contributed by atoms with Crippen molar-refractivity contribution in [3.8, 4) is 0 Å². The Hall–Kier alpha value is -2.37. The van der Waals surface area contributed by atoms with Crippen LogP contribution in [0.4, 0.5) is 4.79 Å². The summed E-state index contributed by atoms with van der Waals surface area (Å²) in [5.74, 6) is 0. The van der Waals surface area contributed by atoms with Gasteiger partial charge >= 0.3 is 6.03 Å². The number of aromatic nitrogens is 2. The fraction of sp³-hybridized carbons (Fsp3) is 0.500. The van der Waals surface area contributed by atoms with Crippen LogP contribution in [-0.4, -0.2) is 21.9 Å². The molecule has 1 aliphatic carbocycles. The smallest absolute Gasteiger partial charge is 0.315 e. The molecule has 0 unspecified atom stereocenters. The summed E-state index contributed by atoms with van der Waals surface area (Å²) in [6.07, 6.45) is 6.97. The molecule has 1 aromatic carbocycles. The van der Waals surface area contributed by atoms with Gasteiger partial charge in [-0.15, -0.1) is 0 Å². The predicted molar refractivity (Wildman–Crippen MR) is 93.8 cm³/mol. The van der Waals surface area contributed by atoms with Crippen LogP contribution >= 0.6 is 0 Å². The second-order valence-corrected chi connectivity index (χ2v) is 6.44. The quantitative estimate of drug-likeness (QED) is 0.850. The summed E-state index contributed by atoms with van der Waals surface area (Å²) in [6, 6.07) is 7.45. The molecule has 24 heavy (non-hydrogen) atoms. The molecule has 6 heteroatoms. The number of rotatable bonds is 3. The van der Waals surface area contributed by atoms with Crippen molar-refractivity contribution in [2.45, 2.75) is 51.1 Å². The van der Waals surface area contributed by atoms with Gasteiger partial charge in [-0.2, -0.15) is 5.10 Å². The minimum atomic E-state index is -0.165. The second-order valence-electron chi connectivity index (χ2n) is 6.44. The largest absolute Gasteiger partial charge is 0.335 e. The molecular weight excluding hydrogens is 304 g/mol. The zero-order valence-corrected chi connectivity index (χ0v) is 14.0. The molecule has 2 amide bonds. The monoisotopic (exact) mass is 328 g/mol. The molecule has 0 atom stereocenters. The van der Waals surface area contributed by atoms with Gasteiger partial charge in [0.25, 0.3) is 5.56 Å². The number of benzene rings is 1. The third-order valence-electron chi connectivity index (χ3n) is 4.64. The van der Waals surface area contributed by atoms with Crippen LogP contribution in [0.15, 0.2) is 29.1 Å². The molecule has 2 aromatic rings. The number of nitrogens with zero attached hydrogens (tertiary/aromatic N) is 2. The highest BCUT2D eigenvalue weighted by Gasteiger charge is 2.15. The van der Waals surface area contributed by atoms with Gasteiger partial charge in [0.1, 0.15) is 0 Å². The molecule has 3 rings (SSSR count). The lowest BCUT2D eigenvalue weighted by atomic mass is 10.1. The molecule has 0 radical (unpaired) electrons. The average Bonchev–Trinajstić information content (AvgIpc) is 2.85. The van der Waals surface area contributed by atoms with E-state index in [1.807, 2.05) is 18.2 Å². The molecule has 0 bridgehead atoms. The van der Waals surface area contributed by atoms with E-state index in [2.05, 4.69) is 15.7 Å². The van der Waals surface area contributed by atoms with Gasteiger partial charge in [-0.25, -0.2) is 9.48 Å². The molecular formula is C18H24N4O2. The number of aryl methyl sites for hydroxylation is 1. The van der Waals surface area contributed by atoms with Gasteiger partial charge in [0.15, 0.2) is 0 Å². The number of nitrogens with one attached hydrogen (secondary N) is 2. The van der Waals surface area contributed by atoms with Gasteiger partial charge in [-0.1, -0.05) is 43.9 Å². The molecule has 1 aliphatic rings. The number of urea groups is 1. The van der Waals surface area contributed by atoms with Crippen LogP contribution < -0.4 is 16.2 Å². The molecule has 0 spiro atoms. The van der Waals surface area contributed by atoms with Crippen LogP contribution in [0.3, 0.4) is 0 Å². The standard InChI is InChI=1S/C18H24N4O2/c1-22-17(23)15-11-7-6-10-14(15)16(21-22)12-19-18(24)20-13-8-4-2-3-5-9-13/h6-7,10-11,13H,2-5,8-9,12H2,1H3,(H2,19,20,24). The fourth-order valence-corrected chi connectivity index (χ4v) is 3.33. The molecule has 1 heterocycles. The summed E-state index contributed by atoms with van der Waals surface area (Å²) < 4.78 is 1.32. The zero-order chi connectivity index (χ0) is 16.9. The summed E-state index contributed by atoms with van der Waals surface area (Å²) in [4.78, 5) is 24.3. The average molecular weight is 328 g/mol. The molecule has 1 fully saturated rings. The topological polar surface area (TPSA) is 76.0 Å². The van der Waals surface area contributed by atoms with E-state index >= 15 is 0 Å². The van der Waals surface area contributed by atoms with Gasteiger partial charge in [-0.05, 0) is 18.9 Å². The number of hydrogen-bond donors (Lipinski definition) is 2. The van der Waals surface area contributed by atoms with Gasteiger partial charge in [0.05, 0.1) is 17.6 Å². The van der Waals surface area contributed by atoms with Crippen molar-refractivity contribution in [2.24, 2.45) is 7.05 Å². The van der Waals surface area contributed by atoms with Gasteiger partial charge in [0, 0.05) is 18.5 Å². The first-order valence-corrected chi connectivity index (χ1v) is 8.64. The SMILES string of the molecule is Cn1nc(CNC(=O)NC2CCCCCC2)c2ccccc2c1=O. The maximum atomic E-state index is 12.2. The van der Waals surface area contributed by atoms with Crippen LogP contribution in [0.1, 0.15) is 44.2 Å². The number of hydrogen-bond acceptors (Lipinski definition) is 3. The molecule has 2 N–H and O–H groups in total. The minimum absolute atomic E-state index is 0.128. The maximum Gasteiger partial charge on any atom is 0.315 e. The van der Waals surface area contributed by atoms with Crippen molar-refractivity contribution in [3.63, 3.8) is 0 Å². The van der Waals surface area contributed by atoms with Crippen LogP contribution in [0, 0.1) is 0 Å². The Morgan fingerprint density at radius 3 is 2.54 bits per heavy atom. The Labute approximate surface area is 141 Å². The Balaban J connectivity index is 1.68. The molecule has 1 aromatic heterocycles. The molecule has 128 valence electrons. The lowest BCUT2D eigenvalue weighted by molar-refractivity contribution is 0.235. The van der Waals surface area contributed by atoms with Gasteiger partial charge in [-0.3, -0.25) is 4.79 Å². The zero-order valence-electron chi connectivity index (χ0n) is 14.0. The van der Waals surface area contributed by atoms with E-state index < -0.39 is 0 Å². The normalized spacial score (nSPS) is 15.9. The summed E-state index contributed by atoms with van der Waals surface area (Å²) in [7, 11) is 1.63. The lowest BCUT2D eigenvalue weighted by Gasteiger charge is -2.17. The maximum absolute atomic E-state index is 12.2. The highest BCUT2D eigenvalue weighted by Crippen LogP contribution is 2.17. The van der Waals surface area contributed by atoms with Crippen LogP contribution in [0.25, 0.3) is 10.8 Å². The Morgan fingerprint density at radius 1 is 1.17 bits per heavy atom. The van der Waals surface area contributed by atoms with Crippen molar-refractivity contribution in [2.75, 3.05) is 0 Å². The van der Waals surface area contributed by atoms with Crippen molar-refractivity contribution >= 4 is 16.8 Å². The van der Waals surface area contributed by atoms with Crippen molar-refractivity contribution in [3.05, 3.63) is 40.3 Å². The van der Waals surface area contributed by atoms with Gasteiger partial charge < -0.3 is 10.6 Å². The summed E-state index contributed by atoms with van der Waals surface area (Å²) >= 11 is 0. The molecule has 0 aliphatic heterocycles. The van der Waals surface area contributed by atoms with E-state index in [9.17, 15) is 9.59 Å². The summed E-state index contributed by atoms with van der Waals surface area (Å²) in [6.45, 7) is 0.299. The van der Waals surface area contributed by atoms with Crippen molar-refractivity contribution in [1.29, 1.82) is 0 Å². The molecule has 6 nitrogen and oxygen atoms in total. The highest BCUT2D eigenvalue weighted by atomic mass is 16.2. The number of carbonyl (C=O) groups excluding carboxylic acids is 1. The van der Waals surface area contributed by atoms with E-state index in [0.717, 1.165) is 18.2 Å². The van der Waals surface area contributed by atoms with Crippen LogP contribution in [-0.2, 0) is 13.6 Å². The second kappa shape index (κ2) is 7.47. The van der Waals surface area contributed by atoms with Crippen LogP contribution in [0.2, 0.25) is 0 Å². The summed E-state index contributed by atoms with van der Waals surface area (Å²) in [5, 5.41) is 11.6. The third-order valence-corrected chi connectivity index (χ3v) is 4.64. The number of amides is 2. The first-order chi connectivity index (χ1) is 11.6. The highest BCUT2D eigenvalue weighted by molar-refractivity contribution is 5.84. The summed E-state index contributed by atoms with van der Waals surface area (Å²) in [5.41, 5.74) is 0.570. The van der Waals surface area contributed by atoms with Crippen molar-refractivity contribution < 1.29 is 4.79 Å². The minimum Gasteiger partial charge on any atom is -0.335 e. The number of fused-ring (bicyclic) bond motifs is 1. The Kier molecular flexibility index (Phi) is 5.13. The lowest BCUT2D eigenvalue weighted by Crippen LogP contribution is -2.41. The molecule has 0 saturated heterocycles. The van der Waals surface area contributed by atoms with Gasteiger partial charge in [0.2, 0.25) is 0 Å². The Morgan fingerprint density at radius 2 is 1.83 bits per heavy atom. The first kappa shape index (κ1) is 16.5. The fourth-order valence-electron chi connectivity index (χ4n) is 3.33. The molecule has 1 saturated carbocycles. The van der Waals surface area contributed by atoms with E-state index in [4.69, 9.17) is 0 Å². The van der Waals surface area contributed by atoms with E-state index in [0.29, 0.717) is 17.6 Å². The van der Waals surface area contributed by atoms with E-state index in [1.54, 1.807) is 13.1 Å². The third kappa shape index (κ3) is 3.75. The first-order valence-electron chi connectivity index (χ1n) is 8.64. The van der Waals surface area contributed by atoms with Crippen molar-refractivity contribution in [1.82, 2.24) is 20.4 Å². The predicted octanol–water partition coefficient (Wildman–Crippen LogP) is 2.46. The Bertz CT molecular complexity index is 776. The van der Waals surface area contributed by atoms with E-state index in [1.165, 1.54) is 30.4 Å². The number of carbonyl (C=O) groups is 1. The van der Waals surface area contributed by atoms with Crippen LogP contribution in [0.5, 0.6) is 0 Å².